The molecule has 6 rings (SSSR count). The minimum atomic E-state index is 0.278. The molecule has 1 aliphatic carbocycles. The topological polar surface area (TPSA) is 96.1 Å². The molecule has 144 valence electrons. The summed E-state index contributed by atoms with van der Waals surface area (Å²) in [5.74, 6) is 2.48. The highest BCUT2D eigenvalue weighted by atomic mass is 16.5. The first-order valence-corrected chi connectivity index (χ1v) is 9.54. The maximum atomic E-state index is 6.18. The van der Waals surface area contributed by atoms with Crippen molar-refractivity contribution in [1.82, 2.24) is 29.4 Å². The molecule has 0 aliphatic heterocycles. The number of nitrogen functional groups attached to an aromatic ring is 1. The molecule has 1 aliphatic rings. The van der Waals surface area contributed by atoms with E-state index in [1.54, 1.807) is 11.6 Å². The third kappa shape index (κ3) is 2.32. The summed E-state index contributed by atoms with van der Waals surface area (Å²) in [6.07, 6.45) is 2.91. The van der Waals surface area contributed by atoms with Gasteiger partial charge in [-0.25, -0.2) is 9.97 Å². The number of anilines is 1. The highest BCUT2D eigenvalue weighted by Gasteiger charge is 2.43. The van der Waals surface area contributed by atoms with Crippen molar-refractivity contribution in [3.05, 3.63) is 54.0 Å². The largest absolute Gasteiger partial charge is 0.494 e. The lowest BCUT2D eigenvalue weighted by atomic mass is 10.1. The Balaban J connectivity index is 1.43. The van der Waals surface area contributed by atoms with Crippen LogP contribution in [0.15, 0.2) is 42.6 Å². The van der Waals surface area contributed by atoms with Gasteiger partial charge in [-0.15, -0.1) is 5.10 Å². The summed E-state index contributed by atoms with van der Waals surface area (Å²) >= 11 is 0. The number of hydrogen-bond donors (Lipinski definition) is 1. The molecule has 8 heteroatoms. The number of fused-ring (bicyclic) bond motifs is 4. The summed E-state index contributed by atoms with van der Waals surface area (Å²) < 4.78 is 8.97. The highest BCUT2D eigenvalue weighted by molar-refractivity contribution is 5.95. The monoisotopic (exact) mass is 385 g/mol. The van der Waals surface area contributed by atoms with Gasteiger partial charge in [0.1, 0.15) is 11.3 Å². The molecule has 2 atom stereocenters. The number of methoxy groups -OCH3 is 1. The first kappa shape index (κ1) is 16.3. The number of ether oxygens (including phenoxy) is 1. The fourth-order valence-electron chi connectivity index (χ4n) is 4.20. The molecule has 8 nitrogen and oxygen atoms in total. The maximum absolute atomic E-state index is 6.18. The Bertz CT molecular complexity index is 1420. The smallest absolute Gasteiger partial charge is 0.223 e. The average Bonchev–Trinajstić information content (AvgIpc) is 3.26. The number of hydrogen-bond acceptors (Lipinski definition) is 6. The van der Waals surface area contributed by atoms with Crippen molar-refractivity contribution in [1.29, 1.82) is 0 Å². The van der Waals surface area contributed by atoms with Crippen LogP contribution in [0.1, 0.15) is 29.6 Å². The van der Waals surface area contributed by atoms with Crippen LogP contribution in [0.3, 0.4) is 0 Å². The van der Waals surface area contributed by atoms with Crippen LogP contribution in [0.2, 0.25) is 0 Å². The molecule has 29 heavy (non-hydrogen) atoms. The molecule has 0 radical (unpaired) electrons. The highest BCUT2D eigenvalue weighted by Crippen LogP contribution is 2.54. The Labute approximate surface area is 165 Å². The molecule has 2 aromatic carbocycles. The summed E-state index contributed by atoms with van der Waals surface area (Å²) in [4.78, 5) is 9.33. The molecule has 5 aromatic rings. The van der Waals surface area contributed by atoms with Crippen molar-refractivity contribution < 1.29 is 4.74 Å². The van der Waals surface area contributed by atoms with Gasteiger partial charge in [-0.2, -0.15) is 9.61 Å². The van der Waals surface area contributed by atoms with Crippen LogP contribution < -0.4 is 10.5 Å². The van der Waals surface area contributed by atoms with Gasteiger partial charge in [-0.3, -0.25) is 4.68 Å². The molecule has 0 bridgehead atoms. The van der Waals surface area contributed by atoms with E-state index in [9.17, 15) is 0 Å². The van der Waals surface area contributed by atoms with Gasteiger partial charge in [0.25, 0.3) is 0 Å². The van der Waals surface area contributed by atoms with Crippen molar-refractivity contribution >= 4 is 33.4 Å². The molecule has 0 spiro atoms. The zero-order chi connectivity index (χ0) is 19.7. The van der Waals surface area contributed by atoms with Gasteiger partial charge in [0.15, 0.2) is 11.5 Å². The van der Waals surface area contributed by atoms with Crippen molar-refractivity contribution in [3.8, 4) is 5.75 Å². The van der Waals surface area contributed by atoms with Gasteiger partial charge < -0.3 is 10.5 Å². The fourth-order valence-corrected chi connectivity index (χ4v) is 4.20. The van der Waals surface area contributed by atoms with Crippen LogP contribution in [0.5, 0.6) is 5.75 Å². The lowest BCUT2D eigenvalue weighted by Crippen LogP contribution is -2.03. The fraction of sp³-hybridized carbons (Fsp3) is 0.238. The normalized spacial score (nSPS) is 18.7. The van der Waals surface area contributed by atoms with E-state index < -0.39 is 0 Å². The molecule has 0 saturated heterocycles. The molecule has 3 heterocycles. The summed E-state index contributed by atoms with van der Waals surface area (Å²) in [6.45, 7) is 0. The van der Waals surface area contributed by atoms with Gasteiger partial charge in [0, 0.05) is 23.7 Å². The number of para-hydroxylation sites is 1. The van der Waals surface area contributed by atoms with E-state index in [4.69, 9.17) is 15.5 Å². The molecular weight excluding hydrogens is 366 g/mol. The quantitative estimate of drug-likeness (QED) is 0.513. The Hall–Kier alpha value is -3.68. The van der Waals surface area contributed by atoms with Gasteiger partial charge in [-0.1, -0.05) is 18.2 Å². The van der Waals surface area contributed by atoms with Crippen LogP contribution in [0.4, 0.5) is 5.95 Å². The van der Waals surface area contributed by atoms with Crippen LogP contribution in [0, 0.1) is 0 Å². The number of rotatable bonds is 3. The molecule has 0 amide bonds. The zero-order valence-corrected chi connectivity index (χ0v) is 16.1. The zero-order valence-electron chi connectivity index (χ0n) is 16.1. The van der Waals surface area contributed by atoms with Crippen LogP contribution >= 0.6 is 0 Å². The van der Waals surface area contributed by atoms with E-state index in [1.165, 1.54) is 5.56 Å². The van der Waals surface area contributed by atoms with Crippen molar-refractivity contribution in [2.45, 2.75) is 18.3 Å². The third-order valence-electron chi connectivity index (χ3n) is 5.85. The van der Waals surface area contributed by atoms with Gasteiger partial charge in [0.2, 0.25) is 5.95 Å². The first-order chi connectivity index (χ1) is 14.1. The SMILES string of the molecule is COc1cccc2c1nc(N)n1nc(C3CC3c3ccc4cnn(C)c4c3)nc21. The Morgan fingerprint density at radius 2 is 2.03 bits per heavy atom. The van der Waals surface area contributed by atoms with Gasteiger partial charge >= 0.3 is 0 Å². The number of aryl methyl sites for hydroxylation is 1. The average molecular weight is 385 g/mol. The van der Waals surface area contributed by atoms with E-state index >= 15 is 0 Å². The van der Waals surface area contributed by atoms with Crippen molar-refractivity contribution in [2.75, 3.05) is 12.8 Å². The van der Waals surface area contributed by atoms with Crippen molar-refractivity contribution in [3.63, 3.8) is 0 Å². The standard InChI is InChI=1S/C21H19N7O/c1-27-16-8-11(6-7-12(16)10-23-27)14-9-15(14)19-25-20-13-4-3-5-17(29-2)18(13)24-21(22)28(20)26-19/h3-8,10,14-15H,9H2,1-2H3,(H2,22,24). The van der Waals surface area contributed by atoms with Gasteiger partial charge in [-0.05, 0) is 36.1 Å². The molecular formula is C21H19N7O. The van der Waals surface area contributed by atoms with Gasteiger partial charge in [0.05, 0.1) is 18.8 Å². The lowest BCUT2D eigenvalue weighted by molar-refractivity contribution is 0.419. The van der Waals surface area contributed by atoms with Crippen LogP contribution in [-0.4, -0.2) is 36.5 Å². The maximum Gasteiger partial charge on any atom is 0.223 e. The second-order valence-electron chi connectivity index (χ2n) is 7.57. The molecule has 1 fully saturated rings. The Morgan fingerprint density at radius 3 is 2.90 bits per heavy atom. The number of nitrogens with two attached hydrogens (primary N) is 1. The summed E-state index contributed by atoms with van der Waals surface area (Å²) in [5.41, 5.74) is 10.0. The molecule has 2 unspecified atom stereocenters. The van der Waals surface area contributed by atoms with Crippen LogP contribution in [-0.2, 0) is 7.05 Å². The molecule has 1 saturated carbocycles. The summed E-state index contributed by atoms with van der Waals surface area (Å²) in [7, 11) is 3.59. The minimum Gasteiger partial charge on any atom is -0.494 e. The predicted octanol–water partition coefficient (Wildman–Crippen LogP) is 3.03. The Morgan fingerprint density at radius 1 is 1.14 bits per heavy atom. The van der Waals surface area contributed by atoms with Crippen molar-refractivity contribution in [2.24, 2.45) is 7.05 Å². The first-order valence-electron chi connectivity index (χ1n) is 9.54. The van der Waals surface area contributed by atoms with E-state index in [2.05, 4.69) is 33.4 Å². The minimum absolute atomic E-state index is 0.278. The number of nitrogens with zero attached hydrogens (tertiary/aromatic N) is 6. The number of benzene rings is 2. The van der Waals surface area contributed by atoms with E-state index in [-0.39, 0.29) is 5.92 Å². The summed E-state index contributed by atoms with van der Waals surface area (Å²) in [5, 5.41) is 11.0. The lowest BCUT2D eigenvalue weighted by Gasteiger charge is -2.06. The number of aromatic nitrogens is 6. The second-order valence-corrected chi connectivity index (χ2v) is 7.57. The summed E-state index contributed by atoms with van der Waals surface area (Å²) in [6, 6.07) is 12.3. The Kier molecular flexibility index (Phi) is 3.18. The van der Waals surface area contributed by atoms with Crippen LogP contribution in [0.25, 0.3) is 27.5 Å². The van der Waals surface area contributed by atoms with E-state index in [0.717, 1.165) is 28.5 Å². The predicted molar refractivity (Wildman–Crippen MR) is 110 cm³/mol. The van der Waals surface area contributed by atoms with E-state index in [1.807, 2.05) is 36.1 Å². The second kappa shape index (κ2) is 5.66. The molecule has 2 N–H and O–H groups in total. The van der Waals surface area contributed by atoms with E-state index in [0.29, 0.717) is 28.8 Å². The molecule has 3 aromatic heterocycles. The third-order valence-corrected chi connectivity index (χ3v) is 5.85.